The summed E-state index contributed by atoms with van der Waals surface area (Å²) in [4.78, 5) is 3.67. The van der Waals surface area contributed by atoms with Crippen LogP contribution >= 0.6 is 0 Å². The number of aromatic nitrogens is 1. The summed E-state index contributed by atoms with van der Waals surface area (Å²) < 4.78 is 53.6. The van der Waals surface area contributed by atoms with E-state index in [1.54, 1.807) is 37.3 Å². The number of nitrogens with zero attached hydrogens (tertiary/aromatic N) is 2. The zero-order valence-corrected chi connectivity index (χ0v) is 10.9. The van der Waals surface area contributed by atoms with Gasteiger partial charge in [-0.3, -0.25) is 0 Å². The highest BCUT2D eigenvalue weighted by molar-refractivity contribution is 5.50. The van der Waals surface area contributed by atoms with Gasteiger partial charge in [0.15, 0.2) is 0 Å². The SMILES string of the molecule is CC(c1ccccc1)N(C)c1c(F)c(F)nc(F)c1F. The van der Waals surface area contributed by atoms with E-state index in [9.17, 15) is 17.6 Å². The van der Waals surface area contributed by atoms with Gasteiger partial charge in [0.05, 0.1) is 6.04 Å². The third-order valence-corrected chi connectivity index (χ3v) is 3.19. The molecule has 0 fully saturated rings. The Labute approximate surface area is 113 Å². The molecule has 2 rings (SSSR count). The molecule has 1 heterocycles. The molecule has 2 nitrogen and oxygen atoms in total. The van der Waals surface area contributed by atoms with E-state index < -0.39 is 35.3 Å². The van der Waals surface area contributed by atoms with Crippen molar-refractivity contribution in [2.24, 2.45) is 0 Å². The number of hydrogen-bond acceptors (Lipinski definition) is 2. The molecule has 1 atom stereocenters. The minimum Gasteiger partial charge on any atom is -0.363 e. The fourth-order valence-corrected chi connectivity index (χ4v) is 1.93. The quantitative estimate of drug-likeness (QED) is 0.629. The molecular weight excluding hydrogens is 272 g/mol. The molecule has 1 aromatic heterocycles. The van der Waals surface area contributed by atoms with Crippen molar-refractivity contribution in [3.63, 3.8) is 0 Å². The smallest absolute Gasteiger partial charge is 0.253 e. The number of benzene rings is 1. The maximum absolute atomic E-state index is 13.7. The lowest BCUT2D eigenvalue weighted by Crippen LogP contribution is -2.25. The molecule has 0 N–H and O–H groups in total. The van der Waals surface area contributed by atoms with E-state index >= 15 is 0 Å². The zero-order chi connectivity index (χ0) is 14.9. The lowest BCUT2D eigenvalue weighted by atomic mass is 10.1. The van der Waals surface area contributed by atoms with Gasteiger partial charge in [0.1, 0.15) is 5.69 Å². The first kappa shape index (κ1) is 14.3. The Balaban J connectivity index is 2.46. The molecule has 0 aliphatic rings. The molecule has 6 heteroatoms. The van der Waals surface area contributed by atoms with Crippen LogP contribution in [0.1, 0.15) is 18.5 Å². The van der Waals surface area contributed by atoms with E-state index in [-0.39, 0.29) is 0 Å². The maximum Gasteiger partial charge on any atom is 0.253 e. The van der Waals surface area contributed by atoms with E-state index in [0.29, 0.717) is 0 Å². The van der Waals surface area contributed by atoms with E-state index in [1.165, 1.54) is 7.05 Å². The van der Waals surface area contributed by atoms with Crippen molar-refractivity contribution in [2.45, 2.75) is 13.0 Å². The molecule has 1 unspecified atom stereocenters. The van der Waals surface area contributed by atoms with Gasteiger partial charge in [0.25, 0.3) is 11.9 Å². The Hall–Kier alpha value is -2.11. The lowest BCUT2D eigenvalue weighted by molar-refractivity contribution is 0.405. The molecule has 0 aliphatic heterocycles. The topological polar surface area (TPSA) is 16.1 Å². The maximum atomic E-state index is 13.7. The summed E-state index contributed by atoms with van der Waals surface area (Å²) in [6, 6.07) is 8.36. The molecule has 0 bridgehead atoms. The molecule has 2 aromatic rings. The Morgan fingerprint density at radius 3 is 1.95 bits per heavy atom. The minimum atomic E-state index is -1.66. The second kappa shape index (κ2) is 5.48. The molecule has 20 heavy (non-hydrogen) atoms. The predicted molar refractivity (Wildman–Crippen MR) is 67.3 cm³/mol. The summed E-state index contributed by atoms with van der Waals surface area (Å²) in [7, 11) is 1.36. The Morgan fingerprint density at radius 2 is 1.45 bits per heavy atom. The van der Waals surface area contributed by atoms with Crippen LogP contribution < -0.4 is 4.90 Å². The van der Waals surface area contributed by atoms with E-state index in [4.69, 9.17) is 0 Å². The molecule has 1 aromatic carbocycles. The number of pyridine rings is 1. The van der Waals surface area contributed by atoms with Gasteiger partial charge in [-0.05, 0) is 12.5 Å². The molecular formula is C14H12F4N2. The van der Waals surface area contributed by atoms with Crippen LogP contribution in [0.2, 0.25) is 0 Å². The van der Waals surface area contributed by atoms with Crippen LogP contribution in [-0.4, -0.2) is 12.0 Å². The van der Waals surface area contributed by atoms with Gasteiger partial charge in [-0.1, -0.05) is 30.3 Å². The zero-order valence-electron chi connectivity index (χ0n) is 10.9. The fraction of sp³-hybridized carbons (Fsp3) is 0.214. The van der Waals surface area contributed by atoms with Crippen LogP contribution in [0.3, 0.4) is 0 Å². The number of halogens is 4. The summed E-state index contributed by atoms with van der Waals surface area (Å²) in [6.07, 6.45) is 0. The van der Waals surface area contributed by atoms with Gasteiger partial charge in [0.2, 0.25) is 11.6 Å². The van der Waals surface area contributed by atoms with Crippen LogP contribution in [0.25, 0.3) is 0 Å². The average molecular weight is 284 g/mol. The summed E-state index contributed by atoms with van der Waals surface area (Å²) in [5, 5.41) is 0. The predicted octanol–water partition coefficient (Wildman–Crippen LogP) is 3.84. The van der Waals surface area contributed by atoms with Crippen molar-refractivity contribution in [1.29, 1.82) is 0 Å². The highest BCUT2D eigenvalue weighted by Gasteiger charge is 2.26. The van der Waals surface area contributed by atoms with Crippen molar-refractivity contribution in [3.05, 3.63) is 59.4 Å². The van der Waals surface area contributed by atoms with E-state index in [2.05, 4.69) is 4.98 Å². The largest absolute Gasteiger partial charge is 0.363 e. The highest BCUT2D eigenvalue weighted by Crippen LogP contribution is 2.31. The molecule has 0 spiro atoms. The molecule has 0 aliphatic carbocycles. The summed E-state index contributed by atoms with van der Waals surface area (Å²) in [6.45, 7) is 1.67. The first-order valence-electron chi connectivity index (χ1n) is 5.91. The normalized spacial score (nSPS) is 12.3. The summed E-state index contributed by atoms with van der Waals surface area (Å²) in [5.74, 6) is -6.33. The van der Waals surface area contributed by atoms with Crippen LogP contribution in [0.15, 0.2) is 30.3 Å². The minimum absolute atomic E-state index is 0.471. The van der Waals surface area contributed by atoms with Crippen molar-refractivity contribution in [2.75, 3.05) is 11.9 Å². The molecule has 0 saturated heterocycles. The Kier molecular flexibility index (Phi) is 3.92. The van der Waals surface area contributed by atoms with Gasteiger partial charge in [-0.2, -0.15) is 22.5 Å². The van der Waals surface area contributed by atoms with Crippen molar-refractivity contribution in [1.82, 2.24) is 4.98 Å². The number of hydrogen-bond donors (Lipinski definition) is 0. The molecule has 0 radical (unpaired) electrons. The average Bonchev–Trinajstić information content (AvgIpc) is 2.45. The van der Waals surface area contributed by atoms with Crippen LogP contribution in [0.5, 0.6) is 0 Å². The fourth-order valence-electron chi connectivity index (χ4n) is 1.93. The summed E-state index contributed by atoms with van der Waals surface area (Å²) in [5.41, 5.74) is -0.0159. The third kappa shape index (κ3) is 2.45. The van der Waals surface area contributed by atoms with Gasteiger partial charge < -0.3 is 4.90 Å². The van der Waals surface area contributed by atoms with Gasteiger partial charge in [0, 0.05) is 7.05 Å². The van der Waals surface area contributed by atoms with Crippen LogP contribution in [0, 0.1) is 23.5 Å². The Bertz CT molecular complexity index is 590. The second-order valence-corrected chi connectivity index (χ2v) is 4.37. The van der Waals surface area contributed by atoms with Crippen LogP contribution in [0.4, 0.5) is 23.2 Å². The number of rotatable bonds is 3. The van der Waals surface area contributed by atoms with Crippen molar-refractivity contribution < 1.29 is 17.6 Å². The van der Waals surface area contributed by atoms with Gasteiger partial charge in [-0.15, -0.1) is 0 Å². The van der Waals surface area contributed by atoms with E-state index in [1.807, 2.05) is 0 Å². The lowest BCUT2D eigenvalue weighted by Gasteiger charge is -2.28. The number of anilines is 1. The van der Waals surface area contributed by atoms with Crippen molar-refractivity contribution in [3.8, 4) is 0 Å². The first-order valence-corrected chi connectivity index (χ1v) is 5.91. The summed E-state index contributed by atoms with van der Waals surface area (Å²) >= 11 is 0. The Morgan fingerprint density at radius 1 is 0.950 bits per heavy atom. The molecule has 106 valence electrons. The van der Waals surface area contributed by atoms with Crippen molar-refractivity contribution >= 4 is 5.69 Å². The second-order valence-electron chi connectivity index (χ2n) is 4.37. The van der Waals surface area contributed by atoms with Gasteiger partial charge in [-0.25, -0.2) is 0 Å². The van der Waals surface area contributed by atoms with Gasteiger partial charge >= 0.3 is 0 Å². The monoisotopic (exact) mass is 284 g/mol. The third-order valence-electron chi connectivity index (χ3n) is 3.19. The van der Waals surface area contributed by atoms with E-state index in [0.717, 1.165) is 10.5 Å². The standard InChI is InChI=1S/C14H12F4N2/c1-8(9-6-4-3-5-7-9)20(2)12-10(15)13(17)19-14(18)11(12)16/h3-8H,1-2H3. The molecule has 0 amide bonds. The van der Waals surface area contributed by atoms with Crippen LogP contribution in [-0.2, 0) is 0 Å². The highest BCUT2D eigenvalue weighted by atomic mass is 19.2. The first-order chi connectivity index (χ1) is 9.43. The molecule has 0 saturated carbocycles.